The lowest BCUT2D eigenvalue weighted by Crippen LogP contribution is -2.52. The number of nitrogens with zero attached hydrogens (tertiary/aromatic N) is 3. The number of ether oxygens (including phenoxy) is 1. The molecule has 0 radical (unpaired) electrons. The van der Waals surface area contributed by atoms with Gasteiger partial charge in [-0.2, -0.15) is 0 Å². The number of aryl methyl sites for hydroxylation is 1. The number of allylic oxidation sites excluding steroid dienone is 2. The molecule has 3 rings (SSSR count). The van der Waals surface area contributed by atoms with Crippen molar-refractivity contribution in [2.45, 2.75) is 53.1 Å². The first kappa shape index (κ1) is 18.3. The first-order valence-corrected chi connectivity index (χ1v) is 9.22. The summed E-state index contributed by atoms with van der Waals surface area (Å²) in [4.78, 5) is 11.7. The number of hydrogen-bond donors (Lipinski definition) is 2. The van der Waals surface area contributed by atoms with Crippen LogP contribution in [0, 0.1) is 13.8 Å². The Hall–Kier alpha value is -2.50. The van der Waals surface area contributed by atoms with E-state index >= 15 is 0 Å². The van der Waals surface area contributed by atoms with E-state index in [1.807, 2.05) is 13.1 Å². The summed E-state index contributed by atoms with van der Waals surface area (Å²) in [5.41, 5.74) is 11.6. The lowest BCUT2D eigenvalue weighted by molar-refractivity contribution is 0.294. The number of aromatic nitrogens is 1. The second kappa shape index (κ2) is 7.40. The Morgan fingerprint density at radius 1 is 1.38 bits per heavy atom. The average molecular weight is 355 g/mol. The number of rotatable bonds is 4. The number of nitrogens with one attached hydrogen (secondary N) is 1. The first-order valence-electron chi connectivity index (χ1n) is 9.22. The molecule has 0 aromatic carbocycles. The number of pyridine rings is 1. The van der Waals surface area contributed by atoms with E-state index in [0.717, 1.165) is 53.5 Å². The topological polar surface area (TPSA) is 75.8 Å². The van der Waals surface area contributed by atoms with Gasteiger partial charge in [-0.25, -0.2) is 4.99 Å². The zero-order valence-electron chi connectivity index (χ0n) is 16.4. The molecule has 6 heteroatoms. The third-order valence-corrected chi connectivity index (χ3v) is 5.27. The van der Waals surface area contributed by atoms with E-state index in [9.17, 15) is 0 Å². The SMILES string of the molecule is CCC1=C(N)N=C2C(=CC1)NC[C@H](C)N2Cc1ncc(C)c(OC)c1C. The molecule has 0 unspecified atom stereocenters. The molecular weight excluding hydrogens is 326 g/mol. The van der Waals surface area contributed by atoms with E-state index in [1.165, 1.54) is 5.57 Å². The highest BCUT2D eigenvalue weighted by Crippen LogP contribution is 2.27. The van der Waals surface area contributed by atoms with Gasteiger partial charge >= 0.3 is 0 Å². The van der Waals surface area contributed by atoms with Crippen molar-refractivity contribution < 1.29 is 4.74 Å². The van der Waals surface area contributed by atoms with Gasteiger partial charge in [0.05, 0.1) is 25.0 Å². The van der Waals surface area contributed by atoms with Crippen LogP contribution < -0.4 is 15.8 Å². The number of piperazine rings is 1. The average Bonchev–Trinajstić information content (AvgIpc) is 2.78. The van der Waals surface area contributed by atoms with Crippen molar-refractivity contribution in [3.05, 3.63) is 46.2 Å². The molecule has 0 bridgehead atoms. The maximum atomic E-state index is 6.26. The molecular formula is C20H29N5O. The van der Waals surface area contributed by atoms with E-state index in [1.54, 1.807) is 7.11 Å². The fourth-order valence-corrected chi connectivity index (χ4v) is 3.57. The monoisotopic (exact) mass is 355 g/mol. The molecule has 1 atom stereocenters. The smallest absolute Gasteiger partial charge is 0.154 e. The van der Waals surface area contributed by atoms with Gasteiger partial charge in [0.2, 0.25) is 0 Å². The van der Waals surface area contributed by atoms with E-state index in [4.69, 9.17) is 15.5 Å². The minimum Gasteiger partial charge on any atom is -0.496 e. The molecule has 1 fully saturated rings. The summed E-state index contributed by atoms with van der Waals surface area (Å²) in [5.74, 6) is 2.45. The molecule has 0 amide bonds. The van der Waals surface area contributed by atoms with Crippen molar-refractivity contribution in [2.24, 2.45) is 10.7 Å². The highest BCUT2D eigenvalue weighted by molar-refractivity contribution is 5.99. The molecule has 2 aliphatic heterocycles. The molecule has 0 saturated carbocycles. The Labute approximate surface area is 155 Å². The Kier molecular flexibility index (Phi) is 5.20. The van der Waals surface area contributed by atoms with Gasteiger partial charge in [-0.05, 0) is 39.2 Å². The van der Waals surface area contributed by atoms with Crippen LogP contribution in [0.25, 0.3) is 0 Å². The summed E-state index contributed by atoms with van der Waals surface area (Å²) in [6.07, 6.45) is 5.84. The second-order valence-corrected chi connectivity index (χ2v) is 7.00. The Morgan fingerprint density at radius 3 is 2.85 bits per heavy atom. The number of aliphatic imine (C=N–C) groups is 1. The van der Waals surface area contributed by atoms with Gasteiger partial charge in [0, 0.05) is 29.9 Å². The number of fused-ring (bicyclic) bond motifs is 1. The van der Waals surface area contributed by atoms with Crippen molar-refractivity contribution in [1.82, 2.24) is 15.2 Å². The third-order valence-electron chi connectivity index (χ3n) is 5.27. The van der Waals surface area contributed by atoms with Gasteiger partial charge in [0.1, 0.15) is 11.6 Å². The maximum Gasteiger partial charge on any atom is 0.154 e. The molecule has 3 heterocycles. The molecule has 2 aliphatic rings. The highest BCUT2D eigenvalue weighted by Gasteiger charge is 2.29. The van der Waals surface area contributed by atoms with Crippen LogP contribution in [-0.2, 0) is 6.54 Å². The highest BCUT2D eigenvalue weighted by atomic mass is 16.5. The Balaban J connectivity index is 1.99. The Bertz CT molecular complexity index is 794. The van der Waals surface area contributed by atoms with Crippen LogP contribution in [0.5, 0.6) is 5.75 Å². The van der Waals surface area contributed by atoms with E-state index in [2.05, 4.69) is 42.0 Å². The van der Waals surface area contributed by atoms with Gasteiger partial charge < -0.3 is 20.7 Å². The number of nitrogens with two attached hydrogens (primary N) is 1. The van der Waals surface area contributed by atoms with Crippen LogP contribution in [0.1, 0.15) is 43.5 Å². The van der Waals surface area contributed by atoms with Crippen molar-refractivity contribution in [3.63, 3.8) is 0 Å². The van der Waals surface area contributed by atoms with Crippen molar-refractivity contribution in [3.8, 4) is 5.75 Å². The molecule has 1 saturated heterocycles. The van der Waals surface area contributed by atoms with Crippen molar-refractivity contribution >= 4 is 5.84 Å². The molecule has 26 heavy (non-hydrogen) atoms. The summed E-state index contributed by atoms with van der Waals surface area (Å²) in [5, 5.41) is 3.50. The summed E-state index contributed by atoms with van der Waals surface area (Å²) in [6, 6.07) is 0.287. The summed E-state index contributed by atoms with van der Waals surface area (Å²) < 4.78 is 5.56. The van der Waals surface area contributed by atoms with Gasteiger partial charge in [0.15, 0.2) is 5.84 Å². The van der Waals surface area contributed by atoms with Crippen LogP contribution in [0.3, 0.4) is 0 Å². The third kappa shape index (κ3) is 3.28. The van der Waals surface area contributed by atoms with E-state index < -0.39 is 0 Å². The Morgan fingerprint density at radius 2 is 2.15 bits per heavy atom. The standard InChI is InChI=1S/C20H29N5O/c1-6-15-7-8-16-20(24-19(15)21)25(13(3)10-23-16)11-17-14(4)18(26-5)12(2)9-22-17/h8-9,13,23H,6-7,10-11,21H2,1-5H3/t13-/m0/s1. The fourth-order valence-electron chi connectivity index (χ4n) is 3.57. The molecule has 3 N–H and O–H groups in total. The van der Waals surface area contributed by atoms with Crippen LogP contribution in [0.4, 0.5) is 0 Å². The number of methoxy groups -OCH3 is 1. The van der Waals surface area contributed by atoms with Crippen LogP contribution in [0.2, 0.25) is 0 Å². The summed E-state index contributed by atoms with van der Waals surface area (Å²) in [7, 11) is 1.71. The predicted molar refractivity (Wildman–Crippen MR) is 105 cm³/mol. The summed E-state index contributed by atoms with van der Waals surface area (Å²) in [6.45, 7) is 9.94. The van der Waals surface area contributed by atoms with Gasteiger partial charge in [-0.3, -0.25) is 4.98 Å². The molecule has 1 aromatic rings. The van der Waals surface area contributed by atoms with E-state index in [0.29, 0.717) is 12.4 Å². The van der Waals surface area contributed by atoms with Gasteiger partial charge in [-0.1, -0.05) is 13.0 Å². The minimum absolute atomic E-state index is 0.287. The zero-order valence-corrected chi connectivity index (χ0v) is 16.4. The normalized spacial score (nSPS) is 20.0. The lowest BCUT2D eigenvalue weighted by atomic mass is 10.1. The zero-order chi connectivity index (χ0) is 18.8. The van der Waals surface area contributed by atoms with Gasteiger partial charge in [0.25, 0.3) is 0 Å². The van der Waals surface area contributed by atoms with E-state index in [-0.39, 0.29) is 6.04 Å². The van der Waals surface area contributed by atoms with Crippen LogP contribution >= 0.6 is 0 Å². The largest absolute Gasteiger partial charge is 0.496 e. The molecule has 140 valence electrons. The number of amidine groups is 1. The van der Waals surface area contributed by atoms with Crippen molar-refractivity contribution in [2.75, 3.05) is 13.7 Å². The lowest BCUT2D eigenvalue weighted by Gasteiger charge is -2.38. The van der Waals surface area contributed by atoms with Crippen LogP contribution in [0.15, 0.2) is 34.4 Å². The number of hydrogen-bond acceptors (Lipinski definition) is 6. The molecule has 0 aliphatic carbocycles. The first-order chi connectivity index (χ1) is 12.5. The minimum atomic E-state index is 0.287. The van der Waals surface area contributed by atoms with Crippen LogP contribution in [-0.4, -0.2) is 35.4 Å². The van der Waals surface area contributed by atoms with Crippen molar-refractivity contribution in [1.29, 1.82) is 0 Å². The maximum absolute atomic E-state index is 6.26. The molecule has 1 aromatic heterocycles. The second-order valence-electron chi connectivity index (χ2n) is 7.00. The fraction of sp³-hybridized carbons (Fsp3) is 0.500. The predicted octanol–water partition coefficient (Wildman–Crippen LogP) is 2.77. The van der Waals surface area contributed by atoms with Gasteiger partial charge in [-0.15, -0.1) is 0 Å². The molecule has 6 nitrogen and oxygen atoms in total. The summed E-state index contributed by atoms with van der Waals surface area (Å²) >= 11 is 0. The molecule has 0 spiro atoms. The quantitative estimate of drug-likeness (QED) is 0.868.